The minimum atomic E-state index is 0.660. The van der Waals surface area contributed by atoms with Crippen molar-refractivity contribution < 1.29 is 0 Å². The zero-order valence-electron chi connectivity index (χ0n) is 7.95. The largest absolute Gasteiger partial charge is 0.293 e. The Kier molecular flexibility index (Phi) is 3.24. The van der Waals surface area contributed by atoms with Crippen LogP contribution < -0.4 is 0 Å². The van der Waals surface area contributed by atoms with Crippen LogP contribution in [0.25, 0.3) is 5.69 Å². The molecule has 1 aromatic carbocycles. The summed E-state index contributed by atoms with van der Waals surface area (Å²) in [5.74, 6) is 0. The zero-order chi connectivity index (χ0) is 10.8. The second-order valence-corrected chi connectivity index (χ2v) is 4.50. The molecule has 0 aliphatic heterocycles. The highest BCUT2D eigenvalue weighted by molar-refractivity contribution is 7.98. The topological polar surface area (TPSA) is 17.8 Å². The van der Waals surface area contributed by atoms with E-state index < -0.39 is 0 Å². The van der Waals surface area contributed by atoms with Crippen molar-refractivity contribution in [2.45, 2.75) is 5.16 Å². The van der Waals surface area contributed by atoms with Crippen LogP contribution in [0, 0.1) is 0 Å². The number of aromatic nitrogens is 2. The van der Waals surface area contributed by atoms with E-state index >= 15 is 0 Å². The van der Waals surface area contributed by atoms with Gasteiger partial charge in [0.15, 0.2) is 5.16 Å². The average Bonchev–Trinajstić information content (AvgIpc) is 2.69. The fourth-order valence-electron chi connectivity index (χ4n) is 1.29. The van der Waals surface area contributed by atoms with E-state index in [1.165, 1.54) is 0 Å². The summed E-state index contributed by atoms with van der Waals surface area (Å²) in [6.07, 6.45) is 5.57. The zero-order valence-corrected chi connectivity index (χ0v) is 10.3. The average molecular weight is 259 g/mol. The Labute approximate surface area is 102 Å². The highest BCUT2D eigenvalue weighted by atomic mass is 35.5. The van der Waals surface area contributed by atoms with Gasteiger partial charge < -0.3 is 0 Å². The van der Waals surface area contributed by atoms with Crippen molar-refractivity contribution in [3.8, 4) is 5.69 Å². The van der Waals surface area contributed by atoms with E-state index in [2.05, 4.69) is 4.98 Å². The van der Waals surface area contributed by atoms with Gasteiger partial charge in [0.25, 0.3) is 0 Å². The predicted octanol–water partition coefficient (Wildman–Crippen LogP) is 3.90. The summed E-state index contributed by atoms with van der Waals surface area (Å²) < 4.78 is 1.92. The van der Waals surface area contributed by atoms with E-state index in [-0.39, 0.29) is 0 Å². The summed E-state index contributed by atoms with van der Waals surface area (Å²) in [7, 11) is 0. The Morgan fingerprint density at radius 1 is 1.33 bits per heavy atom. The molecule has 0 saturated heterocycles. The SMILES string of the molecule is CSc1nccn1-c1cc(Cl)ccc1Cl. The molecule has 2 aromatic rings. The standard InChI is InChI=1S/C10H8Cl2N2S/c1-15-10-13-4-5-14(10)9-6-7(11)2-3-8(9)12/h2-6H,1H3. The number of rotatable bonds is 2. The Morgan fingerprint density at radius 2 is 2.13 bits per heavy atom. The summed E-state index contributed by atoms with van der Waals surface area (Å²) >= 11 is 13.6. The molecule has 0 N–H and O–H groups in total. The van der Waals surface area contributed by atoms with E-state index in [1.54, 1.807) is 30.1 Å². The number of hydrogen-bond acceptors (Lipinski definition) is 2. The van der Waals surface area contributed by atoms with E-state index in [0.29, 0.717) is 10.0 Å². The van der Waals surface area contributed by atoms with Gasteiger partial charge in [-0.2, -0.15) is 0 Å². The quantitative estimate of drug-likeness (QED) is 0.761. The maximum absolute atomic E-state index is 6.10. The van der Waals surface area contributed by atoms with E-state index in [4.69, 9.17) is 23.2 Å². The predicted molar refractivity (Wildman–Crippen MR) is 65.4 cm³/mol. The maximum atomic E-state index is 6.10. The number of nitrogens with zero attached hydrogens (tertiary/aromatic N) is 2. The molecule has 0 atom stereocenters. The van der Waals surface area contributed by atoms with Crippen LogP contribution >= 0.6 is 35.0 Å². The molecule has 0 saturated carbocycles. The molecule has 0 aliphatic carbocycles. The molecule has 0 radical (unpaired) electrons. The Hall–Kier alpha value is -0.640. The van der Waals surface area contributed by atoms with Gasteiger partial charge >= 0.3 is 0 Å². The first-order valence-corrected chi connectivity index (χ1v) is 6.23. The van der Waals surface area contributed by atoms with Gasteiger partial charge in [-0.1, -0.05) is 35.0 Å². The monoisotopic (exact) mass is 258 g/mol. The third kappa shape index (κ3) is 2.14. The highest BCUT2D eigenvalue weighted by Gasteiger charge is 2.07. The van der Waals surface area contributed by atoms with Gasteiger partial charge in [-0.3, -0.25) is 4.57 Å². The first-order chi connectivity index (χ1) is 7.22. The molecule has 1 aromatic heterocycles. The molecule has 2 nitrogen and oxygen atoms in total. The van der Waals surface area contributed by atoms with Crippen LogP contribution in [-0.2, 0) is 0 Å². The molecule has 0 bridgehead atoms. The number of thioether (sulfide) groups is 1. The fraction of sp³-hybridized carbons (Fsp3) is 0.100. The Balaban J connectivity index is 2.58. The van der Waals surface area contributed by atoms with Gasteiger partial charge in [0.1, 0.15) is 0 Å². The van der Waals surface area contributed by atoms with Crippen molar-refractivity contribution >= 4 is 35.0 Å². The summed E-state index contributed by atoms with van der Waals surface area (Å²) in [5.41, 5.74) is 0.853. The van der Waals surface area contributed by atoms with E-state index in [9.17, 15) is 0 Å². The maximum Gasteiger partial charge on any atom is 0.172 e. The number of imidazole rings is 1. The van der Waals surface area contributed by atoms with Gasteiger partial charge in [-0.15, -0.1) is 0 Å². The van der Waals surface area contributed by atoms with E-state index in [0.717, 1.165) is 10.8 Å². The van der Waals surface area contributed by atoms with Crippen molar-refractivity contribution in [3.05, 3.63) is 40.6 Å². The number of benzene rings is 1. The molecule has 0 fully saturated rings. The minimum Gasteiger partial charge on any atom is -0.293 e. The van der Waals surface area contributed by atoms with Crippen molar-refractivity contribution in [3.63, 3.8) is 0 Å². The summed E-state index contributed by atoms with van der Waals surface area (Å²) in [5, 5.41) is 2.21. The Morgan fingerprint density at radius 3 is 2.87 bits per heavy atom. The van der Waals surface area contributed by atoms with Crippen LogP contribution in [0.3, 0.4) is 0 Å². The van der Waals surface area contributed by atoms with Gasteiger partial charge in [-0.25, -0.2) is 4.98 Å². The van der Waals surface area contributed by atoms with Crippen LogP contribution in [0.15, 0.2) is 35.7 Å². The third-order valence-corrected chi connectivity index (χ3v) is 3.18. The van der Waals surface area contributed by atoms with Gasteiger partial charge in [0, 0.05) is 17.4 Å². The molecule has 0 unspecified atom stereocenters. The number of hydrogen-bond donors (Lipinski definition) is 0. The lowest BCUT2D eigenvalue weighted by molar-refractivity contribution is 0.898. The van der Waals surface area contributed by atoms with E-state index in [1.807, 2.05) is 23.1 Å². The Bertz CT molecular complexity index is 482. The minimum absolute atomic E-state index is 0.660. The van der Waals surface area contributed by atoms with Crippen molar-refractivity contribution in [2.24, 2.45) is 0 Å². The second kappa shape index (κ2) is 4.47. The molecule has 1 heterocycles. The molecular formula is C10H8Cl2N2S. The van der Waals surface area contributed by atoms with Gasteiger partial charge in [0.2, 0.25) is 0 Å². The van der Waals surface area contributed by atoms with Crippen LogP contribution in [0.2, 0.25) is 10.0 Å². The van der Waals surface area contributed by atoms with Crippen molar-refractivity contribution in [2.75, 3.05) is 6.26 Å². The molecule has 78 valence electrons. The molecule has 15 heavy (non-hydrogen) atoms. The smallest absolute Gasteiger partial charge is 0.172 e. The van der Waals surface area contributed by atoms with Crippen molar-refractivity contribution in [1.82, 2.24) is 9.55 Å². The molecule has 5 heteroatoms. The van der Waals surface area contributed by atoms with Gasteiger partial charge in [0.05, 0.1) is 10.7 Å². The first kappa shape index (κ1) is 10.9. The van der Waals surface area contributed by atoms with Crippen molar-refractivity contribution in [1.29, 1.82) is 0 Å². The fourth-order valence-corrected chi connectivity index (χ4v) is 2.19. The molecule has 0 aliphatic rings. The highest BCUT2D eigenvalue weighted by Crippen LogP contribution is 2.27. The lowest BCUT2D eigenvalue weighted by atomic mass is 10.3. The van der Waals surface area contributed by atoms with Crippen LogP contribution in [0.5, 0.6) is 0 Å². The van der Waals surface area contributed by atoms with Crippen LogP contribution in [0.1, 0.15) is 0 Å². The van der Waals surface area contributed by atoms with Crippen LogP contribution in [0.4, 0.5) is 0 Å². The lowest BCUT2D eigenvalue weighted by Crippen LogP contribution is -1.95. The molecule has 0 amide bonds. The third-order valence-electron chi connectivity index (χ3n) is 1.96. The summed E-state index contributed by atoms with van der Waals surface area (Å²) in [6, 6.07) is 5.37. The van der Waals surface area contributed by atoms with Gasteiger partial charge in [-0.05, 0) is 24.5 Å². The number of halogens is 2. The molecular weight excluding hydrogens is 251 g/mol. The second-order valence-electron chi connectivity index (χ2n) is 2.88. The normalized spacial score (nSPS) is 10.6. The molecule has 2 rings (SSSR count). The first-order valence-electron chi connectivity index (χ1n) is 4.25. The van der Waals surface area contributed by atoms with Crippen LogP contribution in [-0.4, -0.2) is 15.8 Å². The molecule has 0 spiro atoms. The summed E-state index contributed by atoms with van der Waals surface area (Å²) in [4.78, 5) is 4.21. The lowest BCUT2D eigenvalue weighted by Gasteiger charge is -2.08. The summed E-state index contributed by atoms with van der Waals surface area (Å²) in [6.45, 7) is 0.